The molecule has 0 radical (unpaired) electrons. The highest BCUT2D eigenvalue weighted by Crippen LogP contribution is 2.28. The largest absolute Gasteiger partial charge is 0.468 e. The van der Waals surface area contributed by atoms with Crippen molar-refractivity contribution >= 4 is 17.7 Å². The molecule has 0 aliphatic rings. The van der Waals surface area contributed by atoms with Crippen LogP contribution in [0.25, 0.3) is 0 Å². The van der Waals surface area contributed by atoms with Crippen LogP contribution in [-0.2, 0) is 9.53 Å². The Labute approximate surface area is 112 Å². The monoisotopic (exact) mass is 272 g/mol. The van der Waals surface area contributed by atoms with E-state index in [-0.39, 0.29) is 11.2 Å². The molecule has 0 bridgehead atoms. The van der Waals surface area contributed by atoms with E-state index < -0.39 is 5.54 Å². The molecular formula is C12H20N2O3S. The lowest BCUT2D eigenvalue weighted by Crippen LogP contribution is -2.51. The first kappa shape index (κ1) is 15.0. The summed E-state index contributed by atoms with van der Waals surface area (Å²) in [4.78, 5) is 15.9. The summed E-state index contributed by atoms with van der Waals surface area (Å²) in [7, 11) is 1.41. The van der Waals surface area contributed by atoms with Crippen LogP contribution in [0.5, 0.6) is 0 Å². The fourth-order valence-corrected chi connectivity index (χ4v) is 2.89. The Morgan fingerprint density at radius 3 is 2.94 bits per heavy atom. The van der Waals surface area contributed by atoms with E-state index in [2.05, 4.69) is 10.3 Å². The maximum atomic E-state index is 11.8. The zero-order chi connectivity index (χ0) is 13.6. The molecule has 0 amide bonds. The predicted octanol–water partition coefficient (Wildman–Crippen LogP) is 2.09. The van der Waals surface area contributed by atoms with Crippen LogP contribution in [0.2, 0.25) is 0 Å². The standard InChI is InChI=1S/C12H20N2O3S/c1-5-14-12(3,10(15)16-4)8-9(2)18-11-13-6-7-17-11/h6-7,9,14H,5,8H2,1-4H3. The third kappa shape index (κ3) is 4.03. The number of nitrogens with one attached hydrogen (secondary N) is 1. The third-order valence-corrected chi connectivity index (χ3v) is 3.58. The van der Waals surface area contributed by atoms with Gasteiger partial charge < -0.3 is 14.5 Å². The van der Waals surface area contributed by atoms with Crippen molar-refractivity contribution in [2.45, 2.75) is 43.2 Å². The van der Waals surface area contributed by atoms with Crippen LogP contribution in [0.1, 0.15) is 27.2 Å². The van der Waals surface area contributed by atoms with E-state index in [4.69, 9.17) is 9.15 Å². The molecule has 5 nitrogen and oxygen atoms in total. The summed E-state index contributed by atoms with van der Waals surface area (Å²) in [5, 5.41) is 3.99. The highest BCUT2D eigenvalue weighted by molar-refractivity contribution is 7.99. The number of aromatic nitrogens is 1. The number of carbonyl (C=O) groups excluding carboxylic acids is 1. The van der Waals surface area contributed by atoms with Crippen molar-refractivity contribution < 1.29 is 13.9 Å². The van der Waals surface area contributed by atoms with Crippen molar-refractivity contribution in [3.8, 4) is 0 Å². The van der Waals surface area contributed by atoms with Crippen molar-refractivity contribution in [3.63, 3.8) is 0 Å². The molecule has 1 aromatic rings. The summed E-state index contributed by atoms with van der Waals surface area (Å²) in [6.07, 6.45) is 3.79. The first-order chi connectivity index (χ1) is 8.51. The number of rotatable bonds is 7. The van der Waals surface area contributed by atoms with Crippen LogP contribution < -0.4 is 5.32 Å². The van der Waals surface area contributed by atoms with Crippen molar-refractivity contribution in [2.75, 3.05) is 13.7 Å². The minimum absolute atomic E-state index is 0.187. The van der Waals surface area contributed by atoms with Crippen molar-refractivity contribution in [1.29, 1.82) is 0 Å². The van der Waals surface area contributed by atoms with Gasteiger partial charge in [-0.3, -0.25) is 4.79 Å². The molecule has 0 aliphatic heterocycles. The van der Waals surface area contributed by atoms with Crippen molar-refractivity contribution in [1.82, 2.24) is 10.3 Å². The van der Waals surface area contributed by atoms with Gasteiger partial charge in [-0.2, -0.15) is 0 Å². The normalized spacial score (nSPS) is 16.0. The molecule has 1 aromatic heterocycles. The number of likely N-dealkylation sites (N-methyl/N-ethyl adjacent to an activating group) is 1. The SMILES string of the molecule is CCNC(C)(CC(C)Sc1ncco1)C(=O)OC. The Morgan fingerprint density at radius 2 is 2.44 bits per heavy atom. The Kier molecular flexibility index (Phi) is 5.68. The number of hydrogen-bond donors (Lipinski definition) is 1. The zero-order valence-electron chi connectivity index (χ0n) is 11.2. The molecule has 0 spiro atoms. The Morgan fingerprint density at radius 1 is 1.72 bits per heavy atom. The average Bonchev–Trinajstić information content (AvgIpc) is 2.80. The summed E-state index contributed by atoms with van der Waals surface area (Å²) in [5.41, 5.74) is -0.678. The summed E-state index contributed by atoms with van der Waals surface area (Å²) >= 11 is 1.51. The van der Waals surface area contributed by atoms with Gasteiger partial charge in [0.05, 0.1) is 13.3 Å². The van der Waals surface area contributed by atoms with Gasteiger partial charge in [-0.25, -0.2) is 4.98 Å². The quantitative estimate of drug-likeness (QED) is 0.605. The minimum Gasteiger partial charge on any atom is -0.468 e. The van der Waals surface area contributed by atoms with E-state index in [0.29, 0.717) is 18.2 Å². The summed E-state index contributed by atoms with van der Waals surface area (Å²) in [6, 6.07) is 0. The van der Waals surface area contributed by atoms with Gasteiger partial charge in [-0.15, -0.1) is 0 Å². The second-order valence-electron chi connectivity index (χ2n) is 4.28. The van der Waals surface area contributed by atoms with Crippen LogP contribution in [0.3, 0.4) is 0 Å². The highest BCUT2D eigenvalue weighted by atomic mass is 32.2. The Bertz CT molecular complexity index is 369. The number of esters is 1. The molecule has 0 aliphatic carbocycles. The first-order valence-corrected chi connectivity index (χ1v) is 6.79. The Balaban J connectivity index is 2.62. The molecule has 1 N–H and O–H groups in total. The molecule has 0 fully saturated rings. The molecule has 0 saturated carbocycles. The van der Waals surface area contributed by atoms with E-state index in [1.54, 1.807) is 12.5 Å². The number of hydrogen-bond acceptors (Lipinski definition) is 6. The lowest BCUT2D eigenvalue weighted by molar-refractivity contribution is -0.148. The lowest BCUT2D eigenvalue weighted by atomic mass is 9.96. The van der Waals surface area contributed by atoms with Gasteiger partial charge in [0.1, 0.15) is 11.8 Å². The zero-order valence-corrected chi connectivity index (χ0v) is 12.0. The van der Waals surface area contributed by atoms with E-state index in [0.717, 1.165) is 0 Å². The fraction of sp³-hybridized carbons (Fsp3) is 0.667. The van der Waals surface area contributed by atoms with Crippen molar-refractivity contribution in [3.05, 3.63) is 12.5 Å². The van der Waals surface area contributed by atoms with Gasteiger partial charge in [0.2, 0.25) is 0 Å². The average molecular weight is 272 g/mol. The van der Waals surface area contributed by atoms with E-state index in [9.17, 15) is 4.79 Å². The summed E-state index contributed by atoms with van der Waals surface area (Å²) < 4.78 is 10.0. The van der Waals surface area contributed by atoms with Gasteiger partial charge in [0.25, 0.3) is 5.22 Å². The second-order valence-corrected chi connectivity index (χ2v) is 5.67. The number of methoxy groups -OCH3 is 1. The summed E-state index contributed by atoms with van der Waals surface area (Å²) in [6.45, 7) is 6.57. The first-order valence-electron chi connectivity index (χ1n) is 5.91. The number of carbonyl (C=O) groups is 1. The van der Waals surface area contributed by atoms with Gasteiger partial charge in [-0.1, -0.05) is 25.6 Å². The van der Waals surface area contributed by atoms with Gasteiger partial charge >= 0.3 is 5.97 Å². The van der Waals surface area contributed by atoms with E-state index in [1.165, 1.54) is 18.9 Å². The maximum absolute atomic E-state index is 11.8. The molecule has 6 heteroatoms. The molecule has 2 unspecified atom stereocenters. The molecule has 1 rings (SSSR count). The highest BCUT2D eigenvalue weighted by Gasteiger charge is 2.35. The maximum Gasteiger partial charge on any atom is 0.325 e. The molecule has 2 atom stereocenters. The van der Waals surface area contributed by atoms with Crippen LogP contribution in [0.4, 0.5) is 0 Å². The molecule has 102 valence electrons. The van der Waals surface area contributed by atoms with Crippen LogP contribution in [-0.4, -0.2) is 35.4 Å². The molecular weight excluding hydrogens is 252 g/mol. The third-order valence-electron chi connectivity index (χ3n) is 2.61. The van der Waals surface area contributed by atoms with Crippen LogP contribution in [0.15, 0.2) is 22.1 Å². The van der Waals surface area contributed by atoms with Gasteiger partial charge in [0.15, 0.2) is 0 Å². The van der Waals surface area contributed by atoms with Crippen molar-refractivity contribution in [2.24, 2.45) is 0 Å². The molecule has 0 aromatic carbocycles. The smallest absolute Gasteiger partial charge is 0.325 e. The van der Waals surface area contributed by atoms with Crippen LogP contribution >= 0.6 is 11.8 Å². The van der Waals surface area contributed by atoms with Crippen LogP contribution in [0, 0.1) is 0 Å². The van der Waals surface area contributed by atoms with E-state index in [1.807, 2.05) is 20.8 Å². The van der Waals surface area contributed by atoms with Gasteiger partial charge in [-0.05, 0) is 19.9 Å². The molecule has 0 saturated heterocycles. The topological polar surface area (TPSA) is 64.4 Å². The number of thioether (sulfide) groups is 1. The Hall–Kier alpha value is -1.01. The minimum atomic E-state index is -0.678. The lowest BCUT2D eigenvalue weighted by Gasteiger charge is -2.29. The molecule has 18 heavy (non-hydrogen) atoms. The number of oxazole rings is 1. The number of nitrogens with zero attached hydrogens (tertiary/aromatic N) is 1. The van der Waals surface area contributed by atoms with Gasteiger partial charge in [0, 0.05) is 5.25 Å². The summed E-state index contributed by atoms with van der Waals surface area (Å²) in [5.74, 6) is -0.246. The number of ether oxygens (including phenoxy) is 1. The fourth-order valence-electron chi connectivity index (χ4n) is 1.90. The second kappa shape index (κ2) is 6.80. The molecule has 1 heterocycles. The predicted molar refractivity (Wildman–Crippen MR) is 70.5 cm³/mol. The van der Waals surface area contributed by atoms with E-state index >= 15 is 0 Å².